The highest BCUT2D eigenvalue weighted by molar-refractivity contribution is 9.10. The Morgan fingerprint density at radius 1 is 1.30 bits per heavy atom. The van der Waals surface area contributed by atoms with Gasteiger partial charge in [-0.25, -0.2) is 4.39 Å². The van der Waals surface area contributed by atoms with Crippen molar-refractivity contribution in [3.8, 4) is 5.75 Å². The maximum absolute atomic E-state index is 13.5. The van der Waals surface area contributed by atoms with E-state index >= 15 is 0 Å². The Labute approximate surface area is 134 Å². The fraction of sp³-hybridized carbons (Fsp3) is 0.0714. The number of hydrogen-bond acceptors (Lipinski definition) is 2. The molecule has 0 aliphatic heterocycles. The van der Waals surface area contributed by atoms with E-state index in [2.05, 4.69) is 15.9 Å². The van der Waals surface area contributed by atoms with E-state index in [9.17, 15) is 4.39 Å². The molecule has 0 radical (unpaired) electrons. The van der Waals surface area contributed by atoms with E-state index in [-0.39, 0.29) is 11.6 Å². The largest absolute Gasteiger partial charge is 0.487 e. The molecule has 2 rings (SSSR count). The minimum atomic E-state index is -0.408. The van der Waals surface area contributed by atoms with Crippen LogP contribution in [0.25, 0.3) is 0 Å². The van der Waals surface area contributed by atoms with Crippen LogP contribution in [0.5, 0.6) is 5.75 Å². The first-order valence-electron chi connectivity index (χ1n) is 5.63. The first-order valence-corrected chi connectivity index (χ1v) is 7.21. The maximum atomic E-state index is 13.5. The number of nitrogens with two attached hydrogens (primary N) is 1. The second-order valence-electron chi connectivity index (χ2n) is 4.08. The summed E-state index contributed by atoms with van der Waals surface area (Å²) < 4.78 is 19.9. The summed E-state index contributed by atoms with van der Waals surface area (Å²) in [6.45, 7) is 0.170. The number of thiocarbonyl (C=S) groups is 1. The van der Waals surface area contributed by atoms with Gasteiger partial charge in [-0.3, -0.25) is 0 Å². The number of hydrogen-bond donors (Lipinski definition) is 1. The molecule has 104 valence electrons. The lowest BCUT2D eigenvalue weighted by molar-refractivity contribution is 0.305. The minimum Gasteiger partial charge on any atom is -0.487 e. The molecular weight excluding hydrogens is 365 g/mol. The van der Waals surface area contributed by atoms with Crippen molar-refractivity contribution in [1.82, 2.24) is 0 Å². The van der Waals surface area contributed by atoms with Crippen molar-refractivity contribution in [2.75, 3.05) is 0 Å². The topological polar surface area (TPSA) is 35.2 Å². The summed E-state index contributed by atoms with van der Waals surface area (Å²) in [5.74, 6) is 0.108. The molecule has 0 aliphatic carbocycles. The number of benzene rings is 2. The summed E-state index contributed by atoms with van der Waals surface area (Å²) in [6.07, 6.45) is 0. The van der Waals surface area contributed by atoms with Crippen LogP contribution in [0.3, 0.4) is 0 Å². The third-order valence-corrected chi connectivity index (χ3v) is 3.57. The van der Waals surface area contributed by atoms with Crippen LogP contribution in [0.1, 0.15) is 11.1 Å². The monoisotopic (exact) mass is 373 g/mol. The summed E-state index contributed by atoms with van der Waals surface area (Å²) in [7, 11) is 0. The molecule has 0 fully saturated rings. The molecule has 0 atom stereocenters. The van der Waals surface area contributed by atoms with Gasteiger partial charge in [-0.1, -0.05) is 39.7 Å². The Kier molecular flexibility index (Phi) is 4.96. The molecule has 0 aromatic heterocycles. The smallest absolute Gasteiger partial charge is 0.139 e. The normalized spacial score (nSPS) is 10.3. The van der Waals surface area contributed by atoms with Gasteiger partial charge in [-0.15, -0.1) is 0 Å². The second-order valence-corrected chi connectivity index (χ2v) is 5.84. The molecule has 2 aromatic carbocycles. The Morgan fingerprint density at radius 2 is 2.05 bits per heavy atom. The summed E-state index contributed by atoms with van der Waals surface area (Å²) in [5.41, 5.74) is 6.60. The van der Waals surface area contributed by atoms with Gasteiger partial charge in [0, 0.05) is 10.0 Å². The molecule has 0 aliphatic rings. The summed E-state index contributed by atoms with van der Waals surface area (Å²) in [6, 6.07) is 9.62. The third kappa shape index (κ3) is 3.91. The van der Waals surface area contributed by atoms with Gasteiger partial charge in [0.25, 0.3) is 0 Å². The van der Waals surface area contributed by atoms with E-state index in [4.69, 9.17) is 34.3 Å². The Morgan fingerprint density at radius 3 is 2.75 bits per heavy atom. The van der Waals surface area contributed by atoms with Crippen LogP contribution in [-0.2, 0) is 6.61 Å². The SMILES string of the molecule is NC(=S)c1cc(F)cc(COc2cc(Br)ccc2Cl)c1. The van der Waals surface area contributed by atoms with Crippen molar-refractivity contribution in [3.05, 3.63) is 62.8 Å². The predicted molar refractivity (Wildman–Crippen MR) is 85.8 cm³/mol. The summed E-state index contributed by atoms with van der Waals surface area (Å²) in [5, 5.41) is 0.485. The molecule has 2 N–H and O–H groups in total. The second kappa shape index (κ2) is 6.52. The maximum Gasteiger partial charge on any atom is 0.139 e. The molecule has 20 heavy (non-hydrogen) atoms. The van der Waals surface area contributed by atoms with Crippen LogP contribution in [0, 0.1) is 5.82 Å². The van der Waals surface area contributed by atoms with E-state index in [1.807, 2.05) is 6.07 Å². The Balaban J connectivity index is 2.18. The van der Waals surface area contributed by atoms with Crippen LogP contribution in [0.4, 0.5) is 4.39 Å². The van der Waals surface area contributed by atoms with Crippen LogP contribution in [-0.4, -0.2) is 4.99 Å². The van der Waals surface area contributed by atoms with Crippen molar-refractivity contribution in [2.45, 2.75) is 6.61 Å². The van der Waals surface area contributed by atoms with E-state index < -0.39 is 5.82 Å². The zero-order chi connectivity index (χ0) is 14.7. The molecule has 0 saturated heterocycles. The molecule has 0 unspecified atom stereocenters. The van der Waals surface area contributed by atoms with Gasteiger partial charge >= 0.3 is 0 Å². The molecular formula is C14H10BrClFNOS. The van der Waals surface area contributed by atoms with Gasteiger partial charge in [0.15, 0.2) is 0 Å². The van der Waals surface area contributed by atoms with Crippen LogP contribution in [0.15, 0.2) is 40.9 Å². The van der Waals surface area contributed by atoms with Gasteiger partial charge in [0.1, 0.15) is 23.2 Å². The molecule has 0 spiro atoms. The van der Waals surface area contributed by atoms with Gasteiger partial charge in [0.2, 0.25) is 0 Å². The average Bonchev–Trinajstić information content (AvgIpc) is 2.39. The van der Waals surface area contributed by atoms with Crippen molar-refractivity contribution in [2.24, 2.45) is 5.73 Å². The van der Waals surface area contributed by atoms with E-state index in [0.29, 0.717) is 21.9 Å². The van der Waals surface area contributed by atoms with Crippen molar-refractivity contribution < 1.29 is 9.13 Å². The van der Waals surface area contributed by atoms with Crippen LogP contribution >= 0.6 is 39.7 Å². The molecule has 0 amide bonds. The van der Waals surface area contributed by atoms with Crippen molar-refractivity contribution in [3.63, 3.8) is 0 Å². The standard InChI is InChI=1S/C14H10BrClFNOS/c15-10-1-2-12(16)13(6-10)19-7-8-3-9(14(18)20)5-11(17)4-8/h1-6H,7H2,(H2,18,20). The highest BCUT2D eigenvalue weighted by atomic mass is 79.9. The van der Waals surface area contributed by atoms with Crippen molar-refractivity contribution in [1.29, 1.82) is 0 Å². The highest BCUT2D eigenvalue weighted by Gasteiger charge is 2.06. The van der Waals surface area contributed by atoms with E-state index in [0.717, 1.165) is 4.47 Å². The fourth-order valence-electron chi connectivity index (χ4n) is 1.62. The quantitative estimate of drug-likeness (QED) is 0.803. The first-order chi connectivity index (χ1) is 9.45. The molecule has 0 heterocycles. The van der Waals surface area contributed by atoms with Gasteiger partial charge in [-0.05, 0) is 42.0 Å². The Bertz CT molecular complexity index is 666. The molecule has 6 heteroatoms. The molecule has 2 nitrogen and oxygen atoms in total. The predicted octanol–water partition coefficient (Wildman–Crippen LogP) is 4.45. The van der Waals surface area contributed by atoms with Gasteiger partial charge in [0.05, 0.1) is 5.02 Å². The zero-order valence-corrected chi connectivity index (χ0v) is 13.4. The van der Waals surface area contributed by atoms with Gasteiger partial charge < -0.3 is 10.5 Å². The van der Waals surface area contributed by atoms with E-state index in [1.165, 1.54) is 12.1 Å². The summed E-state index contributed by atoms with van der Waals surface area (Å²) in [4.78, 5) is 0.145. The molecule has 0 saturated carbocycles. The number of halogens is 3. The Hall–Kier alpha value is -1.17. The number of ether oxygens (including phenoxy) is 1. The lowest BCUT2D eigenvalue weighted by Gasteiger charge is -2.10. The minimum absolute atomic E-state index is 0.145. The number of rotatable bonds is 4. The zero-order valence-electron chi connectivity index (χ0n) is 10.2. The third-order valence-electron chi connectivity index (χ3n) is 2.53. The van der Waals surface area contributed by atoms with E-state index in [1.54, 1.807) is 18.2 Å². The van der Waals surface area contributed by atoms with Crippen molar-refractivity contribution >= 4 is 44.7 Å². The first kappa shape index (κ1) is 15.2. The summed E-state index contributed by atoms with van der Waals surface area (Å²) >= 11 is 14.2. The van der Waals surface area contributed by atoms with Crippen LogP contribution in [0.2, 0.25) is 5.02 Å². The van der Waals surface area contributed by atoms with Crippen LogP contribution < -0.4 is 10.5 Å². The van der Waals surface area contributed by atoms with Gasteiger partial charge in [-0.2, -0.15) is 0 Å². The fourth-order valence-corrected chi connectivity index (χ4v) is 2.25. The molecule has 2 aromatic rings. The lowest BCUT2D eigenvalue weighted by atomic mass is 10.1. The average molecular weight is 375 g/mol. The molecule has 0 bridgehead atoms. The lowest BCUT2D eigenvalue weighted by Crippen LogP contribution is -2.10. The highest BCUT2D eigenvalue weighted by Crippen LogP contribution is 2.28.